The third-order valence-electron chi connectivity index (χ3n) is 5.24. The molecule has 0 radical (unpaired) electrons. The zero-order chi connectivity index (χ0) is 22.9. The lowest BCUT2D eigenvalue weighted by Crippen LogP contribution is -2.14. The molecule has 3 heterocycles. The van der Waals surface area contributed by atoms with Crippen LogP contribution in [-0.4, -0.2) is 36.4 Å². The second-order valence-electron chi connectivity index (χ2n) is 7.38. The molecule has 9 heteroatoms. The molecule has 0 atom stereocenters. The van der Waals surface area contributed by atoms with E-state index in [0.717, 1.165) is 16.3 Å². The third kappa shape index (κ3) is 3.83. The van der Waals surface area contributed by atoms with Gasteiger partial charge in [-0.25, -0.2) is 19.7 Å². The average Bonchev–Trinajstić information content (AvgIpc) is 3.18. The van der Waals surface area contributed by atoms with Gasteiger partial charge in [-0.3, -0.25) is 5.41 Å². The highest BCUT2D eigenvalue weighted by Crippen LogP contribution is 2.30. The fraction of sp³-hybridized carbons (Fsp3) is 0.0417. The Kier molecular flexibility index (Phi) is 4.91. The number of aromatic carboxylic acids is 1. The van der Waals surface area contributed by atoms with Crippen molar-refractivity contribution in [2.24, 2.45) is 5.73 Å². The van der Waals surface area contributed by atoms with Gasteiger partial charge in [0.25, 0.3) is 0 Å². The van der Waals surface area contributed by atoms with Gasteiger partial charge >= 0.3 is 12.0 Å². The van der Waals surface area contributed by atoms with Crippen LogP contribution in [-0.2, 0) is 6.54 Å². The van der Waals surface area contributed by atoms with Crippen molar-refractivity contribution >= 4 is 33.6 Å². The molecule has 9 nitrogen and oxygen atoms in total. The lowest BCUT2D eigenvalue weighted by molar-refractivity contribution is 0.0686. The van der Waals surface area contributed by atoms with Gasteiger partial charge in [0.05, 0.1) is 6.54 Å². The molecule has 0 amide bonds. The van der Waals surface area contributed by atoms with Gasteiger partial charge in [-0.1, -0.05) is 24.3 Å². The van der Waals surface area contributed by atoms with Gasteiger partial charge < -0.3 is 20.1 Å². The summed E-state index contributed by atoms with van der Waals surface area (Å²) in [5.74, 6) is -0.738. The molecule has 0 fully saturated rings. The minimum atomic E-state index is -1.08. The van der Waals surface area contributed by atoms with E-state index in [9.17, 15) is 9.90 Å². The molecule has 33 heavy (non-hydrogen) atoms. The number of carboxylic acids is 1. The maximum atomic E-state index is 12.0. The first-order valence-electron chi connectivity index (χ1n) is 10.0. The number of carboxylic acid groups (broad SMARTS) is 1. The van der Waals surface area contributed by atoms with E-state index in [4.69, 9.17) is 15.9 Å². The summed E-state index contributed by atoms with van der Waals surface area (Å²) in [7, 11) is 0. The SMILES string of the molecule is N=C(N)c1ccc2cc(C(=O)O)n(Cc3cc(Oc4ncccn4)cc4ccccc34)c2n1. The van der Waals surface area contributed by atoms with Gasteiger partial charge in [0.1, 0.15) is 28.6 Å². The van der Waals surface area contributed by atoms with Crippen LogP contribution in [0.4, 0.5) is 0 Å². The van der Waals surface area contributed by atoms with E-state index in [-0.39, 0.29) is 29.8 Å². The molecule has 162 valence electrons. The highest BCUT2D eigenvalue weighted by molar-refractivity contribution is 5.98. The number of aromatic nitrogens is 4. The molecule has 0 saturated heterocycles. The Morgan fingerprint density at radius 3 is 2.58 bits per heavy atom. The Morgan fingerprint density at radius 1 is 1.03 bits per heavy atom. The van der Waals surface area contributed by atoms with Crippen molar-refractivity contribution in [3.8, 4) is 11.8 Å². The quantitative estimate of drug-likeness (QED) is 0.270. The van der Waals surface area contributed by atoms with Crippen LogP contribution >= 0.6 is 0 Å². The Morgan fingerprint density at radius 2 is 1.82 bits per heavy atom. The number of hydrogen-bond donors (Lipinski definition) is 3. The number of fused-ring (bicyclic) bond motifs is 2. The number of nitrogens with two attached hydrogens (primary N) is 1. The van der Waals surface area contributed by atoms with Gasteiger partial charge in [0, 0.05) is 17.8 Å². The van der Waals surface area contributed by atoms with Crippen molar-refractivity contribution < 1.29 is 14.6 Å². The molecular formula is C24H18N6O3. The fourth-order valence-electron chi connectivity index (χ4n) is 3.78. The molecule has 5 rings (SSSR count). The Bertz CT molecular complexity index is 1530. The minimum absolute atomic E-state index is 0.0833. The monoisotopic (exact) mass is 438 g/mol. The standard InChI is InChI=1S/C24H18N6O3/c25-21(26)19-7-6-15-12-20(23(31)32)30(22(15)29-19)13-16-11-17(33-24-27-8-3-9-28-24)10-14-4-1-2-5-18(14)16/h1-12H,13H2,(H3,25,26)(H,31,32). The van der Waals surface area contributed by atoms with E-state index >= 15 is 0 Å². The number of nitrogens with one attached hydrogen (secondary N) is 1. The van der Waals surface area contributed by atoms with E-state index in [0.29, 0.717) is 16.8 Å². The van der Waals surface area contributed by atoms with Crippen LogP contribution in [0.2, 0.25) is 0 Å². The summed E-state index contributed by atoms with van der Waals surface area (Å²) in [4.78, 5) is 24.7. The molecular weight excluding hydrogens is 420 g/mol. The highest BCUT2D eigenvalue weighted by atomic mass is 16.5. The van der Waals surface area contributed by atoms with Crippen molar-refractivity contribution in [2.75, 3.05) is 0 Å². The summed E-state index contributed by atoms with van der Waals surface area (Å²) >= 11 is 0. The molecule has 3 aromatic heterocycles. The first-order valence-corrected chi connectivity index (χ1v) is 10.0. The van der Waals surface area contributed by atoms with Crippen molar-refractivity contribution in [3.05, 3.63) is 90.0 Å². The summed E-state index contributed by atoms with van der Waals surface area (Å²) in [6.45, 7) is 0.215. The smallest absolute Gasteiger partial charge is 0.352 e. The summed E-state index contributed by atoms with van der Waals surface area (Å²) in [5.41, 5.74) is 7.23. The zero-order valence-corrected chi connectivity index (χ0v) is 17.3. The van der Waals surface area contributed by atoms with Crippen LogP contribution in [0.1, 0.15) is 21.7 Å². The average molecular weight is 438 g/mol. The highest BCUT2D eigenvalue weighted by Gasteiger charge is 2.18. The fourth-order valence-corrected chi connectivity index (χ4v) is 3.78. The second-order valence-corrected chi connectivity index (χ2v) is 7.38. The van der Waals surface area contributed by atoms with Gasteiger partial charge in [-0.2, -0.15) is 0 Å². The van der Waals surface area contributed by atoms with Gasteiger partial charge in [0.15, 0.2) is 0 Å². The molecule has 0 bridgehead atoms. The van der Waals surface area contributed by atoms with Crippen molar-refractivity contribution in [1.29, 1.82) is 5.41 Å². The van der Waals surface area contributed by atoms with Gasteiger partial charge in [0.2, 0.25) is 0 Å². The number of amidine groups is 1. The molecule has 0 aliphatic carbocycles. The van der Waals surface area contributed by atoms with Crippen LogP contribution in [0.5, 0.6) is 11.8 Å². The molecule has 2 aromatic carbocycles. The predicted octanol–water partition coefficient (Wildman–Crippen LogP) is 3.80. The molecule has 0 aliphatic rings. The first-order chi connectivity index (χ1) is 16.0. The van der Waals surface area contributed by atoms with E-state index in [1.54, 1.807) is 41.2 Å². The van der Waals surface area contributed by atoms with E-state index in [1.807, 2.05) is 36.4 Å². The largest absolute Gasteiger partial charge is 0.477 e. The zero-order valence-electron chi connectivity index (χ0n) is 17.3. The molecule has 0 saturated carbocycles. The van der Waals surface area contributed by atoms with Crippen molar-refractivity contribution in [1.82, 2.24) is 19.5 Å². The number of pyridine rings is 1. The van der Waals surface area contributed by atoms with E-state index < -0.39 is 5.97 Å². The number of nitrogen functional groups attached to an aromatic ring is 1. The number of hydrogen-bond acceptors (Lipinski definition) is 6. The van der Waals surface area contributed by atoms with E-state index in [1.165, 1.54) is 0 Å². The van der Waals surface area contributed by atoms with Gasteiger partial charge in [-0.05, 0) is 52.7 Å². The molecule has 4 N–H and O–H groups in total. The number of carbonyl (C=O) groups is 1. The molecule has 0 aliphatic heterocycles. The second kappa shape index (κ2) is 8.04. The van der Waals surface area contributed by atoms with Crippen molar-refractivity contribution in [3.63, 3.8) is 0 Å². The van der Waals surface area contributed by atoms with Crippen LogP contribution in [0.25, 0.3) is 21.8 Å². The number of benzene rings is 2. The molecule has 0 unspecified atom stereocenters. The lowest BCUT2D eigenvalue weighted by atomic mass is 10.0. The van der Waals surface area contributed by atoms with Gasteiger partial charge in [-0.15, -0.1) is 0 Å². The minimum Gasteiger partial charge on any atom is -0.477 e. The first kappa shape index (κ1) is 20.1. The Hall–Kier alpha value is -4.79. The van der Waals surface area contributed by atoms with Crippen LogP contribution in [0.15, 0.2) is 73.1 Å². The molecule has 0 spiro atoms. The normalized spacial score (nSPS) is 11.0. The maximum absolute atomic E-state index is 12.0. The summed E-state index contributed by atoms with van der Waals surface area (Å²) in [5, 5.41) is 20.0. The lowest BCUT2D eigenvalue weighted by Gasteiger charge is -2.13. The summed E-state index contributed by atoms with van der Waals surface area (Å²) in [6, 6.07) is 18.3. The summed E-state index contributed by atoms with van der Waals surface area (Å²) < 4.78 is 7.46. The topological polar surface area (TPSA) is 140 Å². The third-order valence-corrected chi connectivity index (χ3v) is 5.24. The van der Waals surface area contributed by atoms with Crippen LogP contribution in [0.3, 0.4) is 0 Å². The van der Waals surface area contributed by atoms with Crippen LogP contribution in [0, 0.1) is 5.41 Å². The Labute approximate surface area is 187 Å². The van der Waals surface area contributed by atoms with Crippen LogP contribution < -0.4 is 10.5 Å². The summed E-state index contributed by atoms with van der Waals surface area (Å²) in [6.07, 6.45) is 3.18. The maximum Gasteiger partial charge on any atom is 0.352 e. The number of ether oxygens (including phenoxy) is 1. The van der Waals surface area contributed by atoms with Crippen molar-refractivity contribution in [2.45, 2.75) is 6.54 Å². The number of rotatable bonds is 6. The molecule has 5 aromatic rings. The number of nitrogens with zero attached hydrogens (tertiary/aromatic N) is 4. The van der Waals surface area contributed by atoms with E-state index in [2.05, 4.69) is 15.0 Å². The Balaban J connectivity index is 1.67. The predicted molar refractivity (Wildman–Crippen MR) is 123 cm³/mol.